The number of benzene rings is 1. The molecule has 1 aromatic rings. The maximum atomic E-state index is 12.3. The Bertz CT molecular complexity index is 515. The highest BCUT2D eigenvalue weighted by atomic mass is 35.5. The van der Waals surface area contributed by atoms with Gasteiger partial charge >= 0.3 is 0 Å². The lowest BCUT2D eigenvalue weighted by Crippen LogP contribution is -2.44. The number of carbonyl (C=O) groups is 1. The Morgan fingerprint density at radius 3 is 2.26 bits per heavy atom. The number of nitrogens with zero attached hydrogens (tertiary/aromatic N) is 1. The number of rotatable bonds is 4. The van der Waals surface area contributed by atoms with Gasteiger partial charge in [-0.3, -0.25) is 4.79 Å². The molecule has 1 heterocycles. The zero-order valence-corrected chi connectivity index (χ0v) is 15.4. The molecule has 1 saturated heterocycles. The predicted octanol–water partition coefficient (Wildman–Crippen LogP) is 3.00. The molecule has 23 heavy (non-hydrogen) atoms. The predicted molar refractivity (Wildman–Crippen MR) is 96.3 cm³/mol. The summed E-state index contributed by atoms with van der Waals surface area (Å²) < 4.78 is 5.80. The Balaban J connectivity index is 0.00000264. The molecule has 1 aromatic carbocycles. The van der Waals surface area contributed by atoms with Crippen molar-refractivity contribution in [2.24, 2.45) is 11.7 Å². The van der Waals surface area contributed by atoms with E-state index in [9.17, 15) is 4.79 Å². The first-order valence-electron chi connectivity index (χ1n) is 8.12. The van der Waals surface area contributed by atoms with Gasteiger partial charge in [-0.15, -0.1) is 12.4 Å². The molecule has 1 amide bonds. The maximum absolute atomic E-state index is 12.3. The van der Waals surface area contributed by atoms with Gasteiger partial charge in [-0.1, -0.05) is 17.7 Å². The van der Waals surface area contributed by atoms with Crippen LogP contribution in [0.5, 0.6) is 5.75 Å². The number of carbonyl (C=O) groups excluding carboxylic acids is 1. The minimum atomic E-state index is 0. The second-order valence-corrected chi connectivity index (χ2v) is 6.59. The standard InChI is InChI=1S/C18H28N2O2.ClH/c1-12-9-13(2)18(14(3)10-12)22-11-17(21)20-7-5-16(6-8-20)15(4)19;/h9-10,15-16H,5-8,11,19H2,1-4H3;1H. The Labute approximate surface area is 145 Å². The minimum absolute atomic E-state index is 0. The molecular weight excluding hydrogens is 312 g/mol. The summed E-state index contributed by atoms with van der Waals surface area (Å²) in [5, 5.41) is 0. The molecule has 1 unspecified atom stereocenters. The topological polar surface area (TPSA) is 55.6 Å². The van der Waals surface area contributed by atoms with Crippen molar-refractivity contribution in [3.05, 3.63) is 28.8 Å². The van der Waals surface area contributed by atoms with E-state index in [-0.39, 0.29) is 31.0 Å². The molecule has 0 bridgehead atoms. The molecule has 0 spiro atoms. The van der Waals surface area contributed by atoms with Crippen molar-refractivity contribution >= 4 is 18.3 Å². The summed E-state index contributed by atoms with van der Waals surface area (Å²) in [6, 6.07) is 4.38. The Hall–Kier alpha value is -1.26. The summed E-state index contributed by atoms with van der Waals surface area (Å²) in [4.78, 5) is 14.2. The largest absolute Gasteiger partial charge is 0.483 e. The number of hydrogen-bond acceptors (Lipinski definition) is 3. The van der Waals surface area contributed by atoms with Crippen LogP contribution in [0.15, 0.2) is 12.1 Å². The SMILES string of the molecule is Cc1cc(C)c(OCC(=O)N2CCC(C(C)N)CC2)c(C)c1.Cl. The number of hydrogen-bond donors (Lipinski definition) is 1. The summed E-state index contributed by atoms with van der Waals surface area (Å²) >= 11 is 0. The summed E-state index contributed by atoms with van der Waals surface area (Å²) in [5.74, 6) is 1.44. The van der Waals surface area contributed by atoms with Gasteiger partial charge in [0.15, 0.2) is 6.61 Å². The van der Waals surface area contributed by atoms with E-state index in [1.54, 1.807) is 0 Å². The highest BCUT2D eigenvalue weighted by Crippen LogP contribution is 2.25. The van der Waals surface area contributed by atoms with Gasteiger partial charge in [0.1, 0.15) is 5.75 Å². The lowest BCUT2D eigenvalue weighted by Gasteiger charge is -2.33. The monoisotopic (exact) mass is 340 g/mol. The fourth-order valence-electron chi connectivity index (χ4n) is 3.29. The summed E-state index contributed by atoms with van der Waals surface area (Å²) in [6.45, 7) is 9.86. The van der Waals surface area contributed by atoms with E-state index in [4.69, 9.17) is 10.5 Å². The highest BCUT2D eigenvalue weighted by molar-refractivity contribution is 5.85. The molecule has 0 aromatic heterocycles. The van der Waals surface area contributed by atoms with Crippen molar-refractivity contribution in [1.82, 2.24) is 4.90 Å². The minimum Gasteiger partial charge on any atom is -0.483 e. The average molecular weight is 341 g/mol. The first-order chi connectivity index (χ1) is 10.4. The molecule has 1 atom stereocenters. The van der Waals surface area contributed by atoms with Crippen molar-refractivity contribution in [2.75, 3.05) is 19.7 Å². The van der Waals surface area contributed by atoms with Crippen LogP contribution in [0.1, 0.15) is 36.5 Å². The van der Waals surface area contributed by atoms with Gasteiger partial charge in [-0.2, -0.15) is 0 Å². The van der Waals surface area contributed by atoms with Crippen LogP contribution in [0.25, 0.3) is 0 Å². The molecule has 0 aliphatic carbocycles. The van der Waals surface area contributed by atoms with Gasteiger partial charge in [0.05, 0.1) is 0 Å². The third-order valence-electron chi connectivity index (χ3n) is 4.58. The maximum Gasteiger partial charge on any atom is 0.260 e. The van der Waals surface area contributed by atoms with E-state index in [0.717, 1.165) is 42.8 Å². The molecule has 5 heteroatoms. The Kier molecular flexibility index (Phi) is 7.36. The third kappa shape index (κ3) is 5.11. The van der Waals surface area contributed by atoms with E-state index in [0.29, 0.717) is 5.92 Å². The molecule has 0 saturated carbocycles. The van der Waals surface area contributed by atoms with Crippen molar-refractivity contribution in [3.8, 4) is 5.75 Å². The van der Waals surface area contributed by atoms with Crippen LogP contribution in [0, 0.1) is 26.7 Å². The fourth-order valence-corrected chi connectivity index (χ4v) is 3.29. The summed E-state index contributed by atoms with van der Waals surface area (Å²) in [7, 11) is 0. The van der Waals surface area contributed by atoms with Crippen LogP contribution < -0.4 is 10.5 Å². The van der Waals surface area contributed by atoms with E-state index in [1.165, 1.54) is 5.56 Å². The third-order valence-corrected chi connectivity index (χ3v) is 4.58. The van der Waals surface area contributed by atoms with E-state index in [1.807, 2.05) is 25.7 Å². The van der Waals surface area contributed by atoms with Gasteiger partial charge in [-0.05, 0) is 57.6 Å². The number of piperidine rings is 1. The Morgan fingerprint density at radius 1 is 1.26 bits per heavy atom. The second kappa shape index (κ2) is 8.55. The number of aryl methyl sites for hydroxylation is 3. The highest BCUT2D eigenvalue weighted by Gasteiger charge is 2.25. The quantitative estimate of drug-likeness (QED) is 0.916. The smallest absolute Gasteiger partial charge is 0.260 e. The van der Waals surface area contributed by atoms with Crippen LogP contribution in [0.2, 0.25) is 0 Å². The van der Waals surface area contributed by atoms with Crippen molar-refractivity contribution < 1.29 is 9.53 Å². The molecule has 130 valence electrons. The molecule has 4 nitrogen and oxygen atoms in total. The van der Waals surface area contributed by atoms with Crippen molar-refractivity contribution in [3.63, 3.8) is 0 Å². The summed E-state index contributed by atoms with van der Waals surface area (Å²) in [6.07, 6.45) is 1.98. The second-order valence-electron chi connectivity index (χ2n) is 6.59. The molecule has 1 aliphatic heterocycles. The van der Waals surface area contributed by atoms with Gasteiger partial charge in [0.25, 0.3) is 5.91 Å². The van der Waals surface area contributed by atoms with Crippen LogP contribution in [0.3, 0.4) is 0 Å². The zero-order valence-electron chi connectivity index (χ0n) is 14.6. The lowest BCUT2D eigenvalue weighted by atomic mass is 9.91. The van der Waals surface area contributed by atoms with Crippen LogP contribution in [0.4, 0.5) is 0 Å². The molecule has 2 rings (SSSR count). The summed E-state index contributed by atoms with van der Waals surface area (Å²) in [5.41, 5.74) is 9.32. The number of ether oxygens (including phenoxy) is 1. The van der Waals surface area contributed by atoms with E-state index >= 15 is 0 Å². The van der Waals surface area contributed by atoms with Crippen LogP contribution in [-0.2, 0) is 4.79 Å². The average Bonchev–Trinajstić information content (AvgIpc) is 2.46. The normalized spacial score (nSPS) is 16.7. The van der Waals surface area contributed by atoms with Crippen LogP contribution in [-0.4, -0.2) is 36.5 Å². The molecule has 1 aliphatic rings. The zero-order chi connectivity index (χ0) is 16.3. The van der Waals surface area contributed by atoms with Gasteiger partial charge in [0.2, 0.25) is 0 Å². The van der Waals surface area contributed by atoms with Gasteiger partial charge < -0.3 is 15.4 Å². The van der Waals surface area contributed by atoms with Crippen molar-refractivity contribution in [1.29, 1.82) is 0 Å². The fraction of sp³-hybridized carbons (Fsp3) is 0.611. The van der Waals surface area contributed by atoms with Gasteiger partial charge in [-0.25, -0.2) is 0 Å². The van der Waals surface area contributed by atoms with Crippen LogP contribution >= 0.6 is 12.4 Å². The molecule has 0 radical (unpaired) electrons. The molecule has 2 N–H and O–H groups in total. The number of halogens is 1. The molecule has 1 fully saturated rings. The number of amides is 1. The molecular formula is C18H29ClN2O2. The van der Waals surface area contributed by atoms with Gasteiger partial charge in [0, 0.05) is 19.1 Å². The van der Waals surface area contributed by atoms with E-state index < -0.39 is 0 Å². The van der Waals surface area contributed by atoms with Crippen molar-refractivity contribution in [2.45, 2.75) is 46.6 Å². The number of likely N-dealkylation sites (tertiary alicyclic amines) is 1. The Morgan fingerprint density at radius 2 is 1.78 bits per heavy atom. The van der Waals surface area contributed by atoms with E-state index in [2.05, 4.69) is 19.1 Å². The first-order valence-corrected chi connectivity index (χ1v) is 8.12. The first kappa shape index (κ1) is 19.8. The number of nitrogens with two attached hydrogens (primary N) is 1. The lowest BCUT2D eigenvalue weighted by molar-refractivity contribution is -0.134.